The third-order valence-electron chi connectivity index (χ3n) is 5.42. The number of nitrogens with one attached hydrogen (secondary N) is 1. The number of amides is 1. The van der Waals surface area contributed by atoms with E-state index in [1.54, 1.807) is 23.0 Å². The molecule has 1 aromatic heterocycles. The second-order valence-corrected chi connectivity index (χ2v) is 10.4. The van der Waals surface area contributed by atoms with Crippen LogP contribution in [-0.2, 0) is 11.2 Å². The molecule has 3 aromatic carbocycles. The van der Waals surface area contributed by atoms with Crippen LogP contribution in [0, 0.1) is 0 Å². The summed E-state index contributed by atoms with van der Waals surface area (Å²) in [6.45, 7) is 0. The second-order valence-electron chi connectivity index (χ2n) is 7.91. The van der Waals surface area contributed by atoms with Gasteiger partial charge >= 0.3 is 0 Å². The molecule has 1 amide bonds. The highest BCUT2D eigenvalue weighted by Gasteiger charge is 2.31. The summed E-state index contributed by atoms with van der Waals surface area (Å²) in [6, 6.07) is 22.5. The van der Waals surface area contributed by atoms with Crippen molar-refractivity contribution in [2.75, 3.05) is 0 Å². The van der Waals surface area contributed by atoms with Gasteiger partial charge in [0.2, 0.25) is 5.91 Å². The van der Waals surface area contributed by atoms with Gasteiger partial charge in [0.05, 0.1) is 17.2 Å². The smallest absolute Gasteiger partial charge is 0.239 e. The fraction of sp³-hybridized carbons (Fsp3) is 0.0769. The van der Waals surface area contributed by atoms with Crippen molar-refractivity contribution in [1.29, 1.82) is 0 Å². The third-order valence-corrected chi connectivity index (χ3v) is 7.33. The van der Waals surface area contributed by atoms with E-state index < -0.39 is 0 Å². The summed E-state index contributed by atoms with van der Waals surface area (Å²) in [6.07, 6.45) is 3.97. The minimum atomic E-state index is -0.358. The highest BCUT2D eigenvalue weighted by atomic mass is 35.5. The van der Waals surface area contributed by atoms with Crippen molar-refractivity contribution in [2.45, 2.75) is 11.7 Å². The third kappa shape index (κ3) is 5.65. The Balaban J connectivity index is 1.37. The highest BCUT2D eigenvalue weighted by molar-refractivity contribution is 8.15. The molecule has 1 atom stereocenters. The first-order valence-electron chi connectivity index (χ1n) is 10.9. The SMILES string of the molecule is O=C1N/C(=N\N=Cc2cn(-c3ccccc3)nc2-c2ccc(Cl)cc2)SC1Cc1ccc(Cl)cc1Cl. The Bertz CT molecular complexity index is 1470. The molecule has 0 saturated carbocycles. The molecule has 0 radical (unpaired) electrons. The van der Waals surface area contributed by atoms with Gasteiger partial charge in [-0.3, -0.25) is 4.79 Å². The predicted molar refractivity (Wildman–Crippen MR) is 149 cm³/mol. The minimum Gasteiger partial charge on any atom is -0.303 e. The lowest BCUT2D eigenvalue weighted by Crippen LogP contribution is -2.26. The summed E-state index contributed by atoms with van der Waals surface area (Å²) >= 11 is 19.6. The molecule has 0 spiro atoms. The summed E-state index contributed by atoms with van der Waals surface area (Å²) in [5, 5.41) is 17.8. The Morgan fingerprint density at radius 2 is 1.75 bits per heavy atom. The fourth-order valence-electron chi connectivity index (χ4n) is 3.64. The summed E-state index contributed by atoms with van der Waals surface area (Å²) in [4.78, 5) is 12.5. The van der Waals surface area contributed by atoms with E-state index in [9.17, 15) is 4.79 Å². The summed E-state index contributed by atoms with van der Waals surface area (Å²) in [5.74, 6) is -0.140. The van der Waals surface area contributed by atoms with Crippen molar-refractivity contribution in [3.05, 3.63) is 105 Å². The molecule has 4 aromatic rings. The van der Waals surface area contributed by atoms with E-state index in [2.05, 4.69) is 15.5 Å². The van der Waals surface area contributed by atoms with Crippen molar-refractivity contribution in [1.82, 2.24) is 15.1 Å². The largest absolute Gasteiger partial charge is 0.303 e. The summed E-state index contributed by atoms with van der Waals surface area (Å²) < 4.78 is 1.79. The lowest BCUT2D eigenvalue weighted by atomic mass is 10.1. The van der Waals surface area contributed by atoms with E-state index in [1.165, 1.54) is 11.8 Å². The Labute approximate surface area is 227 Å². The van der Waals surface area contributed by atoms with Crippen LogP contribution in [0.1, 0.15) is 11.1 Å². The second kappa shape index (κ2) is 10.9. The van der Waals surface area contributed by atoms with E-state index in [-0.39, 0.29) is 11.2 Å². The molecule has 1 N–H and O–H groups in total. The molecular weight excluding hydrogens is 537 g/mol. The number of halogens is 3. The molecule has 36 heavy (non-hydrogen) atoms. The Kier molecular flexibility index (Phi) is 7.43. The van der Waals surface area contributed by atoms with Crippen LogP contribution in [-0.4, -0.2) is 32.3 Å². The number of rotatable bonds is 6. The van der Waals surface area contributed by atoms with Crippen LogP contribution in [0.15, 0.2) is 89.2 Å². The average molecular weight is 555 g/mol. The van der Waals surface area contributed by atoms with Crippen molar-refractivity contribution in [3.8, 4) is 16.9 Å². The Morgan fingerprint density at radius 1 is 1.00 bits per heavy atom. The lowest BCUT2D eigenvalue weighted by molar-refractivity contribution is -0.118. The number of benzene rings is 3. The van der Waals surface area contributed by atoms with Gasteiger partial charge in [0.15, 0.2) is 5.17 Å². The Morgan fingerprint density at radius 3 is 2.50 bits per heavy atom. The van der Waals surface area contributed by atoms with Crippen LogP contribution in [0.5, 0.6) is 0 Å². The maximum Gasteiger partial charge on any atom is 0.239 e. The molecule has 1 fully saturated rings. The zero-order valence-corrected chi connectivity index (χ0v) is 21.7. The molecule has 10 heteroatoms. The van der Waals surface area contributed by atoms with Gasteiger partial charge in [0, 0.05) is 32.4 Å². The molecule has 1 saturated heterocycles. The van der Waals surface area contributed by atoms with E-state index >= 15 is 0 Å². The molecule has 2 heterocycles. The number of carbonyl (C=O) groups is 1. The number of hydrogen-bond donors (Lipinski definition) is 1. The van der Waals surface area contributed by atoms with Crippen molar-refractivity contribution in [2.24, 2.45) is 10.2 Å². The number of para-hydroxylation sites is 1. The number of hydrogen-bond acceptors (Lipinski definition) is 5. The number of carbonyl (C=O) groups excluding carboxylic acids is 1. The lowest BCUT2D eigenvalue weighted by Gasteiger charge is -2.07. The number of thioether (sulfide) groups is 1. The molecule has 6 nitrogen and oxygen atoms in total. The first-order valence-corrected chi connectivity index (χ1v) is 12.9. The molecule has 0 bridgehead atoms. The van der Waals surface area contributed by atoms with E-state index in [0.29, 0.717) is 26.7 Å². The van der Waals surface area contributed by atoms with Crippen LogP contribution < -0.4 is 5.32 Å². The zero-order chi connectivity index (χ0) is 25.1. The normalized spacial score (nSPS) is 16.7. The van der Waals surface area contributed by atoms with E-state index in [0.717, 1.165) is 28.1 Å². The zero-order valence-electron chi connectivity index (χ0n) is 18.6. The predicted octanol–water partition coefficient (Wildman–Crippen LogP) is 6.66. The molecule has 1 unspecified atom stereocenters. The quantitative estimate of drug-likeness (QED) is 0.214. The monoisotopic (exact) mass is 553 g/mol. The van der Waals surface area contributed by atoms with Gasteiger partial charge in [-0.25, -0.2) is 4.68 Å². The first-order chi connectivity index (χ1) is 17.5. The molecule has 180 valence electrons. The number of nitrogens with zero attached hydrogens (tertiary/aromatic N) is 4. The van der Waals surface area contributed by atoms with Crippen LogP contribution >= 0.6 is 46.6 Å². The number of aromatic nitrogens is 2. The standard InChI is InChI=1S/C26H18Cl3N5OS/c27-19-9-6-16(7-10-19)24-18(15-34(33-24)21-4-2-1-3-5-21)14-30-32-26-31-25(35)23(36-26)12-17-8-11-20(28)13-22(17)29/h1-11,13-15,23H,12H2,(H,31,32,35). The van der Waals surface area contributed by atoms with E-state index in [1.807, 2.05) is 66.9 Å². The van der Waals surface area contributed by atoms with Crippen molar-refractivity contribution in [3.63, 3.8) is 0 Å². The summed E-state index contributed by atoms with van der Waals surface area (Å²) in [7, 11) is 0. The van der Waals surface area contributed by atoms with Crippen molar-refractivity contribution >= 4 is 63.9 Å². The van der Waals surface area contributed by atoms with Crippen LogP contribution in [0.2, 0.25) is 15.1 Å². The van der Waals surface area contributed by atoms with Gasteiger partial charge in [-0.15, -0.1) is 5.10 Å². The van der Waals surface area contributed by atoms with E-state index in [4.69, 9.17) is 39.9 Å². The van der Waals surface area contributed by atoms with Gasteiger partial charge in [0.25, 0.3) is 0 Å². The van der Waals surface area contributed by atoms with Gasteiger partial charge in [-0.1, -0.05) is 83.0 Å². The first kappa shape index (κ1) is 24.6. The van der Waals surface area contributed by atoms with Gasteiger partial charge < -0.3 is 5.32 Å². The summed E-state index contributed by atoms with van der Waals surface area (Å²) in [5.41, 5.74) is 4.16. The molecule has 1 aliphatic rings. The van der Waals surface area contributed by atoms with Gasteiger partial charge in [-0.2, -0.15) is 10.2 Å². The average Bonchev–Trinajstić information content (AvgIpc) is 3.45. The number of amidine groups is 1. The topological polar surface area (TPSA) is 71.6 Å². The Hall–Kier alpha value is -3.10. The van der Waals surface area contributed by atoms with Crippen molar-refractivity contribution < 1.29 is 4.79 Å². The molecule has 0 aliphatic carbocycles. The maximum atomic E-state index is 12.5. The van der Waals surface area contributed by atoms with Gasteiger partial charge in [0.1, 0.15) is 5.69 Å². The molecule has 1 aliphatic heterocycles. The van der Waals surface area contributed by atoms with Crippen LogP contribution in [0.3, 0.4) is 0 Å². The molecule has 5 rings (SSSR count). The highest BCUT2D eigenvalue weighted by Crippen LogP contribution is 2.29. The molecular formula is C26H18Cl3N5OS. The van der Waals surface area contributed by atoms with Crippen LogP contribution in [0.4, 0.5) is 0 Å². The van der Waals surface area contributed by atoms with Gasteiger partial charge in [-0.05, 0) is 48.4 Å². The minimum absolute atomic E-state index is 0.140. The maximum absolute atomic E-state index is 12.5. The fourth-order valence-corrected chi connectivity index (χ4v) is 5.21. The van der Waals surface area contributed by atoms with Crippen LogP contribution in [0.25, 0.3) is 16.9 Å².